The van der Waals surface area contributed by atoms with Gasteiger partial charge in [0.25, 0.3) is 0 Å². The van der Waals surface area contributed by atoms with Gasteiger partial charge >= 0.3 is 0 Å². The van der Waals surface area contributed by atoms with E-state index in [1.165, 1.54) is 5.56 Å². The lowest BCUT2D eigenvalue weighted by Gasteiger charge is -2.13. The lowest BCUT2D eigenvalue weighted by Crippen LogP contribution is -2.23. The average molecular weight is 207 g/mol. The maximum absolute atomic E-state index is 5.41. The van der Waals surface area contributed by atoms with Gasteiger partial charge in [-0.15, -0.1) is 0 Å². The second-order valence-electron chi connectivity index (χ2n) is 3.70. The molecular weight excluding hydrogens is 186 g/mol. The minimum atomic E-state index is 0.399. The van der Waals surface area contributed by atoms with Gasteiger partial charge in [-0.1, -0.05) is 37.3 Å². The van der Waals surface area contributed by atoms with E-state index in [-0.39, 0.29) is 0 Å². The maximum Gasteiger partial charge on any atom is 0.0591 e. The Labute approximate surface area is 92.6 Å². The summed E-state index contributed by atoms with van der Waals surface area (Å²) in [5.74, 6) is 0. The molecule has 0 heterocycles. The molecule has 0 unspecified atom stereocenters. The SMILES string of the molecule is CCCOCCN[C@@H](C)c1ccccc1. The largest absolute Gasteiger partial charge is 0.380 e. The average Bonchev–Trinajstić information content (AvgIpc) is 2.30. The zero-order chi connectivity index (χ0) is 10.9. The van der Waals surface area contributed by atoms with Gasteiger partial charge in [-0.25, -0.2) is 0 Å². The lowest BCUT2D eigenvalue weighted by molar-refractivity contribution is 0.135. The van der Waals surface area contributed by atoms with Crippen LogP contribution in [0.15, 0.2) is 30.3 Å². The fourth-order valence-electron chi connectivity index (χ4n) is 1.45. The van der Waals surface area contributed by atoms with E-state index in [0.29, 0.717) is 6.04 Å². The Morgan fingerprint density at radius 1 is 1.20 bits per heavy atom. The molecule has 0 amide bonds. The molecule has 2 heteroatoms. The Balaban J connectivity index is 2.16. The molecule has 0 radical (unpaired) electrons. The normalized spacial score (nSPS) is 12.7. The molecule has 0 aliphatic carbocycles. The van der Waals surface area contributed by atoms with Crippen molar-refractivity contribution in [3.05, 3.63) is 35.9 Å². The molecule has 0 aliphatic heterocycles. The van der Waals surface area contributed by atoms with Gasteiger partial charge in [0.1, 0.15) is 0 Å². The van der Waals surface area contributed by atoms with Crippen LogP contribution in [0.4, 0.5) is 0 Å². The van der Waals surface area contributed by atoms with Gasteiger partial charge in [0.05, 0.1) is 6.61 Å². The number of rotatable bonds is 7. The van der Waals surface area contributed by atoms with Gasteiger partial charge in [0.15, 0.2) is 0 Å². The van der Waals surface area contributed by atoms with Crippen molar-refractivity contribution >= 4 is 0 Å². The minimum absolute atomic E-state index is 0.399. The van der Waals surface area contributed by atoms with Crippen LogP contribution < -0.4 is 5.32 Å². The van der Waals surface area contributed by atoms with Crippen LogP contribution in [0.1, 0.15) is 31.9 Å². The monoisotopic (exact) mass is 207 g/mol. The van der Waals surface area contributed by atoms with Crippen molar-refractivity contribution < 1.29 is 4.74 Å². The van der Waals surface area contributed by atoms with Crippen molar-refractivity contribution in [2.24, 2.45) is 0 Å². The number of nitrogens with one attached hydrogen (secondary N) is 1. The standard InChI is InChI=1S/C13H21NO/c1-3-10-15-11-9-14-12(2)13-7-5-4-6-8-13/h4-8,12,14H,3,9-11H2,1-2H3/t12-/m0/s1. The summed E-state index contributed by atoms with van der Waals surface area (Å²) in [6, 6.07) is 10.9. The van der Waals surface area contributed by atoms with Crippen molar-refractivity contribution in [3.63, 3.8) is 0 Å². The topological polar surface area (TPSA) is 21.3 Å². The molecule has 2 nitrogen and oxygen atoms in total. The minimum Gasteiger partial charge on any atom is -0.380 e. The Kier molecular flexibility index (Phi) is 6.05. The third kappa shape index (κ3) is 4.96. The summed E-state index contributed by atoms with van der Waals surface area (Å²) in [4.78, 5) is 0. The highest BCUT2D eigenvalue weighted by atomic mass is 16.5. The third-order valence-electron chi connectivity index (χ3n) is 2.34. The predicted molar refractivity (Wildman–Crippen MR) is 64.0 cm³/mol. The third-order valence-corrected chi connectivity index (χ3v) is 2.34. The molecule has 0 spiro atoms. The van der Waals surface area contributed by atoms with Crippen molar-refractivity contribution in [3.8, 4) is 0 Å². The second-order valence-corrected chi connectivity index (χ2v) is 3.70. The highest BCUT2D eigenvalue weighted by Crippen LogP contribution is 2.10. The first-order valence-corrected chi connectivity index (χ1v) is 5.70. The van der Waals surface area contributed by atoms with Gasteiger partial charge in [-0.2, -0.15) is 0 Å². The highest BCUT2D eigenvalue weighted by Gasteiger charge is 2.02. The maximum atomic E-state index is 5.41. The van der Waals surface area contributed by atoms with Crippen LogP contribution in [0.3, 0.4) is 0 Å². The first-order valence-electron chi connectivity index (χ1n) is 5.70. The Morgan fingerprint density at radius 3 is 2.60 bits per heavy atom. The van der Waals surface area contributed by atoms with Crippen LogP contribution in [-0.4, -0.2) is 19.8 Å². The molecule has 1 atom stereocenters. The number of hydrogen-bond donors (Lipinski definition) is 1. The summed E-state index contributed by atoms with van der Waals surface area (Å²) < 4.78 is 5.41. The van der Waals surface area contributed by atoms with E-state index >= 15 is 0 Å². The van der Waals surface area contributed by atoms with E-state index in [1.54, 1.807) is 0 Å². The van der Waals surface area contributed by atoms with Gasteiger partial charge in [-0.05, 0) is 18.9 Å². The summed E-state index contributed by atoms with van der Waals surface area (Å²) in [5, 5.41) is 3.43. The van der Waals surface area contributed by atoms with Gasteiger partial charge in [0, 0.05) is 19.2 Å². The van der Waals surface area contributed by atoms with E-state index in [9.17, 15) is 0 Å². The Morgan fingerprint density at radius 2 is 1.93 bits per heavy atom. The highest BCUT2D eigenvalue weighted by molar-refractivity contribution is 5.17. The molecule has 1 aromatic rings. The molecule has 0 saturated heterocycles. The number of ether oxygens (including phenoxy) is 1. The molecule has 0 saturated carbocycles. The van der Waals surface area contributed by atoms with Gasteiger partial charge in [-0.3, -0.25) is 0 Å². The Hall–Kier alpha value is -0.860. The molecule has 0 aromatic heterocycles. The molecule has 1 aromatic carbocycles. The van der Waals surface area contributed by atoms with Crippen LogP contribution >= 0.6 is 0 Å². The van der Waals surface area contributed by atoms with E-state index < -0.39 is 0 Å². The van der Waals surface area contributed by atoms with Crippen LogP contribution in [0.5, 0.6) is 0 Å². The van der Waals surface area contributed by atoms with Crippen molar-refractivity contribution in [2.75, 3.05) is 19.8 Å². The zero-order valence-corrected chi connectivity index (χ0v) is 9.70. The van der Waals surface area contributed by atoms with Crippen molar-refractivity contribution in [2.45, 2.75) is 26.3 Å². The summed E-state index contributed by atoms with van der Waals surface area (Å²) in [6.45, 7) is 6.87. The Bertz CT molecular complexity index is 248. The summed E-state index contributed by atoms with van der Waals surface area (Å²) in [5.41, 5.74) is 1.33. The molecule has 84 valence electrons. The molecule has 0 aliphatic rings. The number of hydrogen-bond acceptors (Lipinski definition) is 2. The zero-order valence-electron chi connectivity index (χ0n) is 9.70. The second kappa shape index (κ2) is 7.43. The predicted octanol–water partition coefficient (Wildman–Crippen LogP) is 2.76. The smallest absolute Gasteiger partial charge is 0.0591 e. The first kappa shape index (κ1) is 12.2. The summed E-state index contributed by atoms with van der Waals surface area (Å²) >= 11 is 0. The van der Waals surface area contributed by atoms with E-state index in [2.05, 4.69) is 43.4 Å². The molecule has 1 N–H and O–H groups in total. The molecule has 15 heavy (non-hydrogen) atoms. The van der Waals surface area contributed by atoms with Crippen molar-refractivity contribution in [1.29, 1.82) is 0 Å². The summed E-state index contributed by atoms with van der Waals surface area (Å²) in [6.07, 6.45) is 1.09. The lowest BCUT2D eigenvalue weighted by atomic mass is 10.1. The van der Waals surface area contributed by atoms with Gasteiger partial charge in [0.2, 0.25) is 0 Å². The fraction of sp³-hybridized carbons (Fsp3) is 0.538. The van der Waals surface area contributed by atoms with Crippen LogP contribution in [0.2, 0.25) is 0 Å². The molecule has 0 bridgehead atoms. The van der Waals surface area contributed by atoms with E-state index in [0.717, 1.165) is 26.2 Å². The molecule has 0 fully saturated rings. The van der Waals surface area contributed by atoms with Gasteiger partial charge < -0.3 is 10.1 Å². The van der Waals surface area contributed by atoms with Crippen LogP contribution in [-0.2, 0) is 4.74 Å². The summed E-state index contributed by atoms with van der Waals surface area (Å²) in [7, 11) is 0. The van der Waals surface area contributed by atoms with Crippen molar-refractivity contribution in [1.82, 2.24) is 5.32 Å². The quantitative estimate of drug-likeness (QED) is 0.694. The first-order chi connectivity index (χ1) is 7.34. The van der Waals surface area contributed by atoms with E-state index in [4.69, 9.17) is 4.74 Å². The molecular formula is C13H21NO. The van der Waals surface area contributed by atoms with E-state index in [1.807, 2.05) is 6.07 Å². The molecule has 1 rings (SSSR count). The van der Waals surface area contributed by atoms with Crippen LogP contribution in [0.25, 0.3) is 0 Å². The number of benzene rings is 1. The fourth-order valence-corrected chi connectivity index (χ4v) is 1.45. The van der Waals surface area contributed by atoms with Crippen LogP contribution in [0, 0.1) is 0 Å².